The lowest BCUT2D eigenvalue weighted by Crippen LogP contribution is -2.10. The van der Waals surface area contributed by atoms with Gasteiger partial charge >= 0.3 is 11.6 Å². The van der Waals surface area contributed by atoms with Gasteiger partial charge in [-0.05, 0) is 48.2 Å². The highest BCUT2D eigenvalue weighted by atomic mass is 16.5. The van der Waals surface area contributed by atoms with Gasteiger partial charge in [0, 0.05) is 34.0 Å². The molecule has 0 bridgehead atoms. The van der Waals surface area contributed by atoms with Crippen molar-refractivity contribution in [3.8, 4) is 5.75 Å². The SMILES string of the molecule is Cc1cc2oc(=O)cc(COC(=O)Cc3coc4cc(O)ccc34)c2cc1C(C)C. The van der Waals surface area contributed by atoms with Gasteiger partial charge in [0.15, 0.2) is 0 Å². The third-order valence-corrected chi connectivity index (χ3v) is 5.20. The van der Waals surface area contributed by atoms with Crippen molar-refractivity contribution in [1.82, 2.24) is 0 Å². The van der Waals surface area contributed by atoms with E-state index >= 15 is 0 Å². The summed E-state index contributed by atoms with van der Waals surface area (Å²) in [4.78, 5) is 24.4. The van der Waals surface area contributed by atoms with Crippen LogP contribution in [0.15, 0.2) is 56.3 Å². The van der Waals surface area contributed by atoms with E-state index in [2.05, 4.69) is 13.8 Å². The first-order chi connectivity index (χ1) is 14.3. The van der Waals surface area contributed by atoms with Gasteiger partial charge < -0.3 is 18.7 Å². The van der Waals surface area contributed by atoms with E-state index in [9.17, 15) is 14.7 Å². The number of esters is 1. The molecule has 0 fully saturated rings. The molecule has 154 valence electrons. The van der Waals surface area contributed by atoms with Gasteiger partial charge in [0.25, 0.3) is 0 Å². The van der Waals surface area contributed by atoms with Crippen LogP contribution in [-0.4, -0.2) is 11.1 Å². The number of hydrogen-bond acceptors (Lipinski definition) is 6. The average molecular weight is 406 g/mol. The first-order valence-electron chi connectivity index (χ1n) is 9.74. The van der Waals surface area contributed by atoms with Crippen LogP contribution < -0.4 is 5.63 Å². The Hall–Kier alpha value is -3.54. The van der Waals surface area contributed by atoms with Crippen LogP contribution in [0.1, 0.15) is 42.0 Å². The van der Waals surface area contributed by atoms with E-state index in [4.69, 9.17) is 13.6 Å². The summed E-state index contributed by atoms with van der Waals surface area (Å²) in [6, 6.07) is 9.94. The molecular formula is C24H22O6. The summed E-state index contributed by atoms with van der Waals surface area (Å²) in [5, 5.41) is 11.0. The van der Waals surface area contributed by atoms with E-state index in [0.29, 0.717) is 28.2 Å². The lowest BCUT2D eigenvalue weighted by atomic mass is 9.95. The molecule has 0 unspecified atom stereocenters. The minimum absolute atomic E-state index is 0.0213. The number of carbonyl (C=O) groups excluding carboxylic acids is 1. The van der Waals surface area contributed by atoms with Gasteiger partial charge in [0.05, 0.1) is 12.7 Å². The number of aromatic hydroxyl groups is 1. The zero-order chi connectivity index (χ0) is 21.4. The normalized spacial score (nSPS) is 11.5. The summed E-state index contributed by atoms with van der Waals surface area (Å²) in [6.45, 7) is 6.15. The fourth-order valence-electron chi connectivity index (χ4n) is 3.71. The predicted molar refractivity (Wildman–Crippen MR) is 113 cm³/mol. The van der Waals surface area contributed by atoms with Crippen LogP contribution in [-0.2, 0) is 22.6 Å². The molecule has 0 atom stereocenters. The highest BCUT2D eigenvalue weighted by Gasteiger charge is 2.15. The van der Waals surface area contributed by atoms with Gasteiger partial charge in [-0.2, -0.15) is 0 Å². The van der Waals surface area contributed by atoms with E-state index < -0.39 is 11.6 Å². The molecule has 2 heterocycles. The van der Waals surface area contributed by atoms with Crippen molar-refractivity contribution in [3.63, 3.8) is 0 Å². The average Bonchev–Trinajstić information content (AvgIpc) is 3.06. The first kappa shape index (κ1) is 19.8. The van der Waals surface area contributed by atoms with Crippen LogP contribution in [0.2, 0.25) is 0 Å². The summed E-state index contributed by atoms with van der Waals surface area (Å²) in [7, 11) is 0. The Bertz CT molecular complexity index is 1310. The third-order valence-electron chi connectivity index (χ3n) is 5.20. The molecule has 0 spiro atoms. The number of phenols is 1. The molecule has 4 aromatic rings. The summed E-state index contributed by atoms with van der Waals surface area (Å²) in [5.74, 6) is -0.0364. The van der Waals surface area contributed by atoms with Crippen LogP contribution in [0, 0.1) is 6.92 Å². The molecule has 4 rings (SSSR count). The smallest absolute Gasteiger partial charge is 0.336 e. The Morgan fingerprint density at radius 2 is 1.87 bits per heavy atom. The second kappa shape index (κ2) is 7.71. The van der Waals surface area contributed by atoms with Crippen molar-refractivity contribution < 1.29 is 23.5 Å². The molecule has 2 aromatic heterocycles. The van der Waals surface area contributed by atoms with E-state index in [-0.39, 0.29) is 18.8 Å². The molecule has 0 aliphatic carbocycles. The number of benzene rings is 2. The van der Waals surface area contributed by atoms with Crippen LogP contribution in [0.25, 0.3) is 21.9 Å². The molecule has 1 N–H and O–H groups in total. The van der Waals surface area contributed by atoms with E-state index in [0.717, 1.165) is 21.9 Å². The fourth-order valence-corrected chi connectivity index (χ4v) is 3.71. The molecule has 30 heavy (non-hydrogen) atoms. The molecular weight excluding hydrogens is 384 g/mol. The molecule has 0 aliphatic heterocycles. The largest absolute Gasteiger partial charge is 0.508 e. The quantitative estimate of drug-likeness (QED) is 0.372. The second-order valence-electron chi connectivity index (χ2n) is 7.73. The molecule has 0 aliphatic rings. The zero-order valence-electron chi connectivity index (χ0n) is 17.0. The van der Waals surface area contributed by atoms with Crippen molar-refractivity contribution >= 4 is 27.9 Å². The minimum Gasteiger partial charge on any atom is -0.508 e. The lowest BCUT2D eigenvalue weighted by molar-refractivity contribution is -0.144. The Labute approximate surface area is 172 Å². The maximum Gasteiger partial charge on any atom is 0.336 e. The van der Waals surface area contributed by atoms with Crippen molar-refractivity contribution in [2.75, 3.05) is 0 Å². The predicted octanol–water partition coefficient (Wildman–Crippen LogP) is 4.96. The molecule has 0 radical (unpaired) electrons. The maximum atomic E-state index is 12.4. The number of rotatable bonds is 5. The Morgan fingerprint density at radius 1 is 1.07 bits per heavy atom. The van der Waals surface area contributed by atoms with Crippen molar-refractivity contribution in [1.29, 1.82) is 0 Å². The second-order valence-corrected chi connectivity index (χ2v) is 7.73. The van der Waals surface area contributed by atoms with E-state index in [1.54, 1.807) is 6.07 Å². The highest BCUT2D eigenvalue weighted by molar-refractivity contribution is 5.87. The summed E-state index contributed by atoms with van der Waals surface area (Å²) in [5.41, 5.74) is 3.98. The van der Waals surface area contributed by atoms with Gasteiger partial charge in [-0.25, -0.2) is 4.79 Å². The van der Waals surface area contributed by atoms with Crippen molar-refractivity contribution in [3.05, 3.63) is 75.3 Å². The Kier molecular flexibility index (Phi) is 5.08. The number of ether oxygens (including phenoxy) is 1. The van der Waals surface area contributed by atoms with Crippen LogP contribution in [0.5, 0.6) is 5.75 Å². The van der Waals surface area contributed by atoms with Gasteiger partial charge in [0.1, 0.15) is 23.5 Å². The number of hydrogen-bond donors (Lipinski definition) is 1. The lowest BCUT2D eigenvalue weighted by Gasteiger charge is -2.13. The van der Waals surface area contributed by atoms with E-state index in [1.165, 1.54) is 24.5 Å². The monoisotopic (exact) mass is 406 g/mol. The number of fused-ring (bicyclic) bond motifs is 2. The summed E-state index contributed by atoms with van der Waals surface area (Å²) in [6.07, 6.45) is 1.50. The summed E-state index contributed by atoms with van der Waals surface area (Å²) < 4.78 is 16.2. The van der Waals surface area contributed by atoms with Gasteiger partial charge in [-0.1, -0.05) is 13.8 Å². The van der Waals surface area contributed by atoms with Crippen LogP contribution in [0.4, 0.5) is 0 Å². The zero-order valence-corrected chi connectivity index (χ0v) is 17.0. The topological polar surface area (TPSA) is 89.9 Å². The fraction of sp³-hybridized carbons (Fsp3) is 0.250. The summed E-state index contributed by atoms with van der Waals surface area (Å²) >= 11 is 0. The number of carbonyl (C=O) groups is 1. The number of furan rings is 1. The van der Waals surface area contributed by atoms with Crippen LogP contribution >= 0.6 is 0 Å². The van der Waals surface area contributed by atoms with Crippen LogP contribution in [0.3, 0.4) is 0 Å². The van der Waals surface area contributed by atoms with Crippen molar-refractivity contribution in [2.24, 2.45) is 0 Å². The number of aryl methyl sites for hydroxylation is 1. The molecule has 2 aromatic carbocycles. The molecule has 0 saturated carbocycles. The molecule has 6 nitrogen and oxygen atoms in total. The third kappa shape index (κ3) is 3.81. The van der Waals surface area contributed by atoms with Crippen molar-refractivity contribution in [2.45, 2.75) is 39.7 Å². The van der Waals surface area contributed by atoms with E-state index in [1.807, 2.05) is 19.1 Å². The Balaban J connectivity index is 1.57. The maximum absolute atomic E-state index is 12.4. The Morgan fingerprint density at radius 3 is 2.63 bits per heavy atom. The first-order valence-corrected chi connectivity index (χ1v) is 9.74. The number of phenolic OH excluding ortho intramolecular Hbond substituents is 1. The standard InChI is InChI=1S/C24H22O6/c1-13(2)19-10-20-16(8-24(27)30-22(20)6-14(19)3)12-29-23(26)7-15-11-28-21-9-17(25)4-5-18(15)21/h4-6,8-11,13,25H,7,12H2,1-3H3. The molecule has 0 amide bonds. The molecule has 6 heteroatoms. The minimum atomic E-state index is -0.481. The van der Waals surface area contributed by atoms with Gasteiger partial charge in [0.2, 0.25) is 0 Å². The highest BCUT2D eigenvalue weighted by Crippen LogP contribution is 2.28. The van der Waals surface area contributed by atoms with Gasteiger partial charge in [-0.3, -0.25) is 4.79 Å². The van der Waals surface area contributed by atoms with Gasteiger partial charge in [-0.15, -0.1) is 0 Å². The molecule has 0 saturated heterocycles.